The van der Waals surface area contributed by atoms with Crippen LogP contribution in [0.3, 0.4) is 0 Å². The van der Waals surface area contributed by atoms with Crippen molar-refractivity contribution < 1.29 is 8.42 Å². The van der Waals surface area contributed by atoms with E-state index in [0.717, 1.165) is 36.2 Å². The summed E-state index contributed by atoms with van der Waals surface area (Å²) < 4.78 is 27.7. The second-order valence-corrected chi connectivity index (χ2v) is 8.25. The zero-order valence-electron chi connectivity index (χ0n) is 13.8. The molecule has 25 heavy (non-hydrogen) atoms. The lowest BCUT2D eigenvalue weighted by molar-refractivity contribution is 0.594. The van der Waals surface area contributed by atoms with Gasteiger partial charge in [0, 0.05) is 13.2 Å². The maximum Gasteiger partial charge on any atom is 0.267 e. The Morgan fingerprint density at radius 3 is 2.52 bits per heavy atom. The summed E-state index contributed by atoms with van der Waals surface area (Å²) in [6, 6.07) is 11.7. The molecule has 3 aromatic rings. The van der Waals surface area contributed by atoms with Crippen LogP contribution in [0.1, 0.15) is 17.5 Å². The number of hydrogen-bond donors (Lipinski definition) is 1. The van der Waals surface area contributed by atoms with Gasteiger partial charge >= 0.3 is 0 Å². The van der Waals surface area contributed by atoms with Gasteiger partial charge in [0.1, 0.15) is 4.90 Å². The van der Waals surface area contributed by atoms with E-state index in [1.807, 2.05) is 17.8 Å². The van der Waals surface area contributed by atoms with Gasteiger partial charge in [-0.15, -0.1) is 0 Å². The third kappa shape index (κ3) is 2.53. The van der Waals surface area contributed by atoms with Gasteiger partial charge in [0.05, 0.1) is 16.3 Å². The number of aryl methyl sites for hydroxylation is 3. The molecule has 0 saturated carbocycles. The van der Waals surface area contributed by atoms with E-state index in [-0.39, 0.29) is 9.79 Å². The Morgan fingerprint density at radius 1 is 1.04 bits per heavy atom. The van der Waals surface area contributed by atoms with Crippen LogP contribution in [-0.4, -0.2) is 18.0 Å². The van der Waals surface area contributed by atoms with E-state index in [9.17, 15) is 13.2 Å². The number of pyridine rings is 1. The molecule has 2 aromatic heterocycles. The quantitative estimate of drug-likeness (QED) is 0.769. The van der Waals surface area contributed by atoms with E-state index in [1.165, 1.54) is 17.7 Å². The summed E-state index contributed by atoms with van der Waals surface area (Å²) in [5, 5.41) is 0. The second kappa shape index (κ2) is 5.74. The molecular weight excluding hydrogens is 336 g/mol. The van der Waals surface area contributed by atoms with Crippen molar-refractivity contribution in [2.75, 3.05) is 0 Å². The summed E-state index contributed by atoms with van der Waals surface area (Å²) in [5.41, 5.74) is 3.17. The first-order valence-electron chi connectivity index (χ1n) is 8.19. The molecule has 0 amide bonds. The fourth-order valence-electron chi connectivity index (χ4n) is 3.48. The molecule has 128 valence electrons. The van der Waals surface area contributed by atoms with Gasteiger partial charge < -0.3 is 9.55 Å². The Hall–Kier alpha value is -2.60. The van der Waals surface area contributed by atoms with E-state index in [1.54, 1.807) is 24.3 Å². The number of nitrogens with zero attached hydrogens (tertiary/aromatic N) is 1. The number of benzene rings is 1. The van der Waals surface area contributed by atoms with Crippen LogP contribution in [0.25, 0.3) is 11.4 Å². The minimum absolute atomic E-state index is 0.133. The number of sulfone groups is 1. The van der Waals surface area contributed by atoms with Crippen molar-refractivity contribution in [3.8, 4) is 11.4 Å². The van der Waals surface area contributed by atoms with Crippen molar-refractivity contribution in [1.82, 2.24) is 9.55 Å². The first-order valence-corrected chi connectivity index (χ1v) is 9.68. The number of aromatic nitrogens is 2. The summed E-state index contributed by atoms with van der Waals surface area (Å²) in [6.07, 6.45) is 4.53. The summed E-state index contributed by atoms with van der Waals surface area (Å²) >= 11 is 0. The highest BCUT2D eigenvalue weighted by atomic mass is 32.2. The zero-order chi connectivity index (χ0) is 17.6. The van der Waals surface area contributed by atoms with Crippen LogP contribution in [-0.2, 0) is 29.7 Å². The topological polar surface area (TPSA) is 71.9 Å². The minimum Gasteiger partial charge on any atom is -0.349 e. The number of fused-ring (bicyclic) bond motifs is 3. The molecule has 0 radical (unpaired) electrons. The zero-order valence-corrected chi connectivity index (χ0v) is 14.6. The van der Waals surface area contributed by atoms with E-state index in [4.69, 9.17) is 0 Å². The molecule has 0 saturated heterocycles. The third-order valence-electron chi connectivity index (χ3n) is 4.72. The van der Waals surface area contributed by atoms with Gasteiger partial charge in [-0.2, -0.15) is 0 Å². The first kappa shape index (κ1) is 15.9. The summed E-state index contributed by atoms with van der Waals surface area (Å²) in [4.78, 5) is 15.4. The monoisotopic (exact) mass is 354 g/mol. The van der Waals surface area contributed by atoms with E-state index >= 15 is 0 Å². The molecule has 1 N–H and O–H groups in total. The number of aromatic amines is 1. The smallest absolute Gasteiger partial charge is 0.267 e. The molecule has 0 spiro atoms. The van der Waals surface area contributed by atoms with Crippen molar-refractivity contribution in [3.05, 3.63) is 70.1 Å². The molecule has 2 heterocycles. The van der Waals surface area contributed by atoms with Crippen molar-refractivity contribution in [1.29, 1.82) is 0 Å². The van der Waals surface area contributed by atoms with Gasteiger partial charge in [-0.05, 0) is 54.7 Å². The average Bonchev–Trinajstić information content (AvgIpc) is 2.86. The van der Waals surface area contributed by atoms with Crippen LogP contribution in [0.15, 0.2) is 63.2 Å². The number of nitrogens with one attached hydrogen (secondary N) is 1. The molecule has 1 aliphatic carbocycles. The molecule has 0 unspecified atom stereocenters. The lowest BCUT2D eigenvalue weighted by Crippen LogP contribution is -2.20. The third-order valence-corrected chi connectivity index (χ3v) is 6.49. The maximum atomic E-state index is 12.9. The fraction of sp³-hybridized carbons (Fsp3) is 0.211. The summed E-state index contributed by atoms with van der Waals surface area (Å²) in [6.45, 7) is 0. The Bertz CT molecular complexity index is 1110. The van der Waals surface area contributed by atoms with Crippen LogP contribution < -0.4 is 5.56 Å². The summed E-state index contributed by atoms with van der Waals surface area (Å²) in [7, 11) is -1.91. The molecule has 1 aromatic carbocycles. The van der Waals surface area contributed by atoms with Crippen molar-refractivity contribution in [3.63, 3.8) is 0 Å². The van der Waals surface area contributed by atoms with Gasteiger partial charge in [0.2, 0.25) is 9.84 Å². The van der Waals surface area contributed by atoms with E-state index in [2.05, 4.69) is 11.1 Å². The SMILES string of the molecule is Cn1ccc2c1-c1[nH]c(=O)c(S(=O)(=O)c3ccccc3)cc1CCC2. The summed E-state index contributed by atoms with van der Waals surface area (Å²) in [5.74, 6) is 0. The number of rotatable bonds is 2. The van der Waals surface area contributed by atoms with Gasteiger partial charge in [-0.3, -0.25) is 4.79 Å². The Balaban J connectivity index is 1.94. The van der Waals surface area contributed by atoms with Crippen LogP contribution in [0, 0.1) is 0 Å². The van der Waals surface area contributed by atoms with Crippen LogP contribution >= 0.6 is 0 Å². The Labute approximate surface area is 145 Å². The average molecular weight is 354 g/mol. The molecular formula is C19H18N2O3S. The molecule has 0 aliphatic heterocycles. The highest BCUT2D eigenvalue weighted by Crippen LogP contribution is 2.32. The van der Waals surface area contributed by atoms with Gasteiger partial charge in [0.25, 0.3) is 5.56 Å². The van der Waals surface area contributed by atoms with Crippen molar-refractivity contribution in [2.24, 2.45) is 7.05 Å². The second-order valence-electron chi connectivity index (χ2n) is 6.33. The molecule has 1 aliphatic rings. The molecule has 4 rings (SSSR count). The van der Waals surface area contributed by atoms with Gasteiger partial charge in [0.15, 0.2) is 0 Å². The Morgan fingerprint density at radius 2 is 1.76 bits per heavy atom. The molecule has 6 heteroatoms. The predicted octanol–water partition coefficient (Wildman–Crippen LogP) is 2.70. The molecule has 0 bridgehead atoms. The number of hydrogen-bond acceptors (Lipinski definition) is 3. The lowest BCUT2D eigenvalue weighted by atomic mass is 10.1. The normalized spacial score (nSPS) is 13.8. The van der Waals surface area contributed by atoms with Gasteiger partial charge in [-0.25, -0.2) is 8.42 Å². The first-order chi connectivity index (χ1) is 12.0. The van der Waals surface area contributed by atoms with E-state index < -0.39 is 15.4 Å². The molecule has 5 nitrogen and oxygen atoms in total. The van der Waals surface area contributed by atoms with Crippen LogP contribution in [0.5, 0.6) is 0 Å². The van der Waals surface area contributed by atoms with Crippen molar-refractivity contribution >= 4 is 9.84 Å². The highest BCUT2D eigenvalue weighted by Gasteiger charge is 2.25. The number of H-pyrrole nitrogens is 1. The molecule has 0 fully saturated rings. The van der Waals surface area contributed by atoms with Crippen LogP contribution in [0.4, 0.5) is 0 Å². The minimum atomic E-state index is -3.84. The molecule has 0 atom stereocenters. The largest absolute Gasteiger partial charge is 0.349 e. The standard InChI is InChI=1S/C19H18N2O3S/c1-21-11-10-13-6-5-7-14-12-16(19(22)20-17(14)18(13)21)25(23,24)15-8-3-2-4-9-15/h2-4,8-12H,5-7H2,1H3,(H,20,22). The van der Waals surface area contributed by atoms with Crippen LogP contribution in [0.2, 0.25) is 0 Å². The highest BCUT2D eigenvalue weighted by molar-refractivity contribution is 7.91. The van der Waals surface area contributed by atoms with E-state index in [0.29, 0.717) is 0 Å². The predicted molar refractivity (Wildman–Crippen MR) is 95.4 cm³/mol. The Kier molecular flexibility index (Phi) is 3.65. The lowest BCUT2D eigenvalue weighted by Gasteiger charge is -2.11. The maximum absolute atomic E-state index is 12.9. The van der Waals surface area contributed by atoms with Crippen molar-refractivity contribution in [2.45, 2.75) is 29.1 Å². The van der Waals surface area contributed by atoms with Gasteiger partial charge in [-0.1, -0.05) is 18.2 Å². The fourth-order valence-corrected chi connectivity index (χ4v) is 4.84.